The normalized spacial score (nSPS) is 21.0. The molecular formula is C25H31F3N4O3S2Si. The molecule has 7 nitrogen and oxygen atoms in total. The molecule has 0 spiro atoms. The molecule has 2 bridgehead atoms. The molecule has 3 saturated heterocycles. The largest absolute Gasteiger partial charge is 0.444 e. The summed E-state index contributed by atoms with van der Waals surface area (Å²) in [5.41, 5.74) is 0.696. The Morgan fingerprint density at radius 3 is 2.39 bits per heavy atom. The summed E-state index contributed by atoms with van der Waals surface area (Å²) in [4.78, 5) is 25.8. The molecule has 3 fully saturated rings. The number of hydrogen-bond acceptors (Lipinski definition) is 8. The Morgan fingerprint density at radius 2 is 1.84 bits per heavy atom. The standard InChI is InChI=1S/C25H31F3N4O3S2Si/c1-24(2,3)34-23(33)32-14-11-15(32)13-31(12-14)22-30-18-16(21-29-9-10-36-21)7-8-17(19(18)37-22)20(25(26,27)28)35-38(4,5)6/h7-10,14-15,20H,11-13H2,1-6H3. The fourth-order valence-corrected chi connectivity index (χ4v) is 7.70. The fraction of sp³-hybridized carbons (Fsp3) is 0.560. The van der Waals surface area contributed by atoms with E-state index in [-0.39, 0.29) is 23.7 Å². The van der Waals surface area contributed by atoms with Crippen LogP contribution in [0.3, 0.4) is 0 Å². The summed E-state index contributed by atoms with van der Waals surface area (Å²) in [6, 6.07) is 3.14. The summed E-state index contributed by atoms with van der Waals surface area (Å²) in [7, 11) is -2.54. The van der Waals surface area contributed by atoms with Crippen molar-refractivity contribution in [1.82, 2.24) is 14.9 Å². The molecule has 3 unspecified atom stereocenters. The van der Waals surface area contributed by atoms with Gasteiger partial charge in [0.2, 0.25) is 0 Å². The third kappa shape index (κ3) is 5.43. The van der Waals surface area contributed by atoms with Gasteiger partial charge in [-0.3, -0.25) is 4.90 Å². The van der Waals surface area contributed by atoms with E-state index in [4.69, 9.17) is 14.1 Å². The van der Waals surface area contributed by atoms with E-state index in [9.17, 15) is 18.0 Å². The van der Waals surface area contributed by atoms with Crippen molar-refractivity contribution < 1.29 is 27.1 Å². The molecular weight excluding hydrogens is 554 g/mol. The van der Waals surface area contributed by atoms with Crippen LogP contribution in [0.15, 0.2) is 23.7 Å². The molecule has 206 valence electrons. The molecule has 1 amide bonds. The topological polar surface area (TPSA) is 67.8 Å². The van der Waals surface area contributed by atoms with Crippen LogP contribution >= 0.6 is 22.7 Å². The van der Waals surface area contributed by atoms with E-state index in [1.54, 1.807) is 36.8 Å². The molecule has 38 heavy (non-hydrogen) atoms. The first kappa shape index (κ1) is 27.3. The Hall–Kier alpha value is -2.22. The van der Waals surface area contributed by atoms with Gasteiger partial charge < -0.3 is 14.1 Å². The number of anilines is 1. The number of alkyl halides is 3. The molecule has 3 aliphatic rings. The average molecular weight is 585 g/mol. The third-order valence-electron chi connectivity index (χ3n) is 6.34. The van der Waals surface area contributed by atoms with Gasteiger partial charge in [-0.2, -0.15) is 13.2 Å². The number of benzene rings is 1. The monoisotopic (exact) mass is 584 g/mol. The number of amides is 1. The van der Waals surface area contributed by atoms with Crippen molar-refractivity contribution in [2.75, 3.05) is 18.0 Å². The number of aromatic nitrogens is 2. The highest BCUT2D eigenvalue weighted by Crippen LogP contribution is 2.47. The molecule has 6 rings (SSSR count). The maximum Gasteiger partial charge on any atom is 0.417 e. The van der Waals surface area contributed by atoms with Gasteiger partial charge in [-0.15, -0.1) is 11.3 Å². The molecule has 0 radical (unpaired) electrons. The van der Waals surface area contributed by atoms with Gasteiger partial charge >= 0.3 is 12.3 Å². The Labute approximate surface area is 228 Å². The Morgan fingerprint density at radius 1 is 1.16 bits per heavy atom. The molecule has 13 heteroatoms. The first-order valence-corrected chi connectivity index (χ1v) is 17.6. The summed E-state index contributed by atoms with van der Waals surface area (Å²) >= 11 is 2.66. The van der Waals surface area contributed by atoms with E-state index >= 15 is 0 Å². The minimum atomic E-state index is -4.57. The van der Waals surface area contributed by atoms with E-state index in [0.717, 1.165) is 6.42 Å². The highest BCUT2D eigenvalue weighted by atomic mass is 32.1. The number of carbonyl (C=O) groups is 1. The van der Waals surface area contributed by atoms with Gasteiger partial charge in [0.25, 0.3) is 0 Å². The van der Waals surface area contributed by atoms with Crippen molar-refractivity contribution in [1.29, 1.82) is 0 Å². The number of rotatable bonds is 5. The zero-order chi connectivity index (χ0) is 27.6. The first-order chi connectivity index (χ1) is 17.6. The first-order valence-electron chi connectivity index (χ1n) is 12.4. The van der Waals surface area contributed by atoms with Crippen LogP contribution in [0.1, 0.15) is 38.9 Å². The highest BCUT2D eigenvalue weighted by molar-refractivity contribution is 7.22. The number of piperidine rings is 1. The van der Waals surface area contributed by atoms with Gasteiger partial charge in [0, 0.05) is 35.8 Å². The Kier molecular flexibility index (Phi) is 6.81. The van der Waals surface area contributed by atoms with E-state index in [2.05, 4.69) is 9.88 Å². The van der Waals surface area contributed by atoms with Crippen LogP contribution < -0.4 is 4.90 Å². The van der Waals surface area contributed by atoms with Crippen LogP contribution in [0.2, 0.25) is 19.6 Å². The van der Waals surface area contributed by atoms with Crippen LogP contribution in [0.25, 0.3) is 20.8 Å². The second kappa shape index (κ2) is 9.46. The van der Waals surface area contributed by atoms with Crippen molar-refractivity contribution in [3.05, 3.63) is 29.3 Å². The molecule has 1 aromatic carbocycles. The summed E-state index contributed by atoms with van der Waals surface area (Å²) in [6.07, 6.45) is -4.39. The van der Waals surface area contributed by atoms with E-state index in [1.165, 1.54) is 28.7 Å². The SMILES string of the molecule is CC(C)(C)OC(=O)N1C2CC1CN(c1nc3c(-c4nccs4)ccc(C(O[Si](C)(C)C)C(F)(F)F)c3s1)C2. The summed E-state index contributed by atoms with van der Waals surface area (Å²) in [6.45, 7) is 11.9. The van der Waals surface area contributed by atoms with E-state index < -0.39 is 26.2 Å². The van der Waals surface area contributed by atoms with Crippen molar-refractivity contribution in [2.24, 2.45) is 0 Å². The molecule has 0 N–H and O–H groups in total. The smallest absolute Gasteiger partial charge is 0.417 e. The number of piperazine rings is 1. The number of hydrogen-bond donors (Lipinski definition) is 0. The number of carbonyl (C=O) groups excluding carboxylic acids is 1. The van der Waals surface area contributed by atoms with Crippen LogP contribution in [0, 0.1) is 0 Å². The predicted octanol–water partition coefficient (Wildman–Crippen LogP) is 7.07. The van der Waals surface area contributed by atoms with Crippen molar-refractivity contribution in [2.45, 2.75) is 76.8 Å². The molecule has 3 atom stereocenters. The van der Waals surface area contributed by atoms with Crippen molar-refractivity contribution in [3.8, 4) is 10.6 Å². The minimum absolute atomic E-state index is 0.0216. The zero-order valence-corrected chi connectivity index (χ0v) is 24.8. The lowest BCUT2D eigenvalue weighted by atomic mass is 9.88. The van der Waals surface area contributed by atoms with Crippen LogP contribution in [-0.4, -0.2) is 66.2 Å². The van der Waals surface area contributed by atoms with Gasteiger partial charge in [-0.1, -0.05) is 17.4 Å². The third-order valence-corrected chi connectivity index (χ3v) is 9.26. The number of nitrogens with zero attached hydrogens (tertiary/aromatic N) is 4. The number of ether oxygens (including phenoxy) is 1. The highest BCUT2D eigenvalue weighted by Gasteiger charge is 2.50. The molecule has 0 saturated carbocycles. The van der Waals surface area contributed by atoms with Gasteiger partial charge in [0.15, 0.2) is 19.6 Å². The zero-order valence-electron chi connectivity index (χ0n) is 22.1. The van der Waals surface area contributed by atoms with E-state index in [0.29, 0.717) is 39.0 Å². The second-order valence-corrected chi connectivity index (χ2v) is 18.0. The molecule has 3 aromatic rings. The van der Waals surface area contributed by atoms with Gasteiger partial charge in [-0.05, 0) is 52.9 Å². The Bertz CT molecular complexity index is 1320. The van der Waals surface area contributed by atoms with Crippen LogP contribution in [0.5, 0.6) is 0 Å². The van der Waals surface area contributed by atoms with Crippen molar-refractivity contribution in [3.63, 3.8) is 0 Å². The maximum absolute atomic E-state index is 14.3. The summed E-state index contributed by atoms with van der Waals surface area (Å²) in [5.74, 6) is 0. The lowest BCUT2D eigenvalue weighted by Crippen LogP contribution is -2.70. The van der Waals surface area contributed by atoms with Gasteiger partial charge in [0.1, 0.15) is 10.6 Å². The lowest BCUT2D eigenvalue weighted by Gasteiger charge is -2.55. The maximum atomic E-state index is 14.3. The average Bonchev–Trinajstić information content (AvgIpc) is 3.45. The molecule has 0 aliphatic carbocycles. The molecule has 3 aliphatic heterocycles. The van der Waals surface area contributed by atoms with Crippen LogP contribution in [-0.2, 0) is 9.16 Å². The fourth-order valence-electron chi connectivity index (χ4n) is 4.92. The number of fused-ring (bicyclic) bond motifs is 3. The quantitative estimate of drug-likeness (QED) is 0.299. The summed E-state index contributed by atoms with van der Waals surface area (Å²) < 4.78 is 54.6. The summed E-state index contributed by atoms with van der Waals surface area (Å²) in [5, 5.41) is 3.17. The molecule has 2 aromatic heterocycles. The van der Waals surface area contributed by atoms with E-state index in [1.807, 2.05) is 26.2 Å². The van der Waals surface area contributed by atoms with Crippen LogP contribution in [0.4, 0.5) is 23.1 Å². The molecule has 5 heterocycles. The van der Waals surface area contributed by atoms with Crippen molar-refractivity contribution >= 4 is 52.4 Å². The van der Waals surface area contributed by atoms with Gasteiger partial charge in [0.05, 0.1) is 22.3 Å². The number of halogens is 3. The second-order valence-electron chi connectivity index (χ2n) is 11.7. The lowest BCUT2D eigenvalue weighted by molar-refractivity contribution is -0.200. The van der Waals surface area contributed by atoms with Gasteiger partial charge in [-0.25, -0.2) is 14.8 Å². The number of thiazole rings is 2. The Balaban J connectivity index is 1.51. The predicted molar refractivity (Wildman–Crippen MR) is 146 cm³/mol. The minimum Gasteiger partial charge on any atom is -0.444 e.